The highest BCUT2D eigenvalue weighted by atomic mass is 19.1. The Bertz CT molecular complexity index is 359. The van der Waals surface area contributed by atoms with Crippen molar-refractivity contribution in [2.24, 2.45) is 5.92 Å². The first-order valence-electron chi connectivity index (χ1n) is 6.29. The van der Waals surface area contributed by atoms with Gasteiger partial charge in [0.1, 0.15) is 26.0 Å². The second-order valence-corrected chi connectivity index (χ2v) is 4.85. The van der Waals surface area contributed by atoms with Gasteiger partial charge in [0.05, 0.1) is 0 Å². The van der Waals surface area contributed by atoms with Gasteiger partial charge in [0.2, 0.25) is 0 Å². The molecule has 1 aromatic rings. The molecule has 0 unspecified atom stereocenters. The average Bonchev–Trinajstić information content (AvgIpc) is 2.20. The Kier molecular flexibility index (Phi) is 4.05. The van der Waals surface area contributed by atoms with Crippen molar-refractivity contribution in [1.29, 1.82) is 0 Å². The predicted molar refractivity (Wildman–Crippen MR) is 69.9 cm³/mol. The molecule has 1 aromatic carbocycles. The highest BCUT2D eigenvalue weighted by molar-refractivity contribution is 6.08. The van der Waals surface area contributed by atoms with Crippen LogP contribution >= 0.6 is 0 Å². The van der Waals surface area contributed by atoms with Crippen molar-refractivity contribution < 1.29 is 9.13 Å². The molecule has 1 aliphatic heterocycles. The molecule has 92 valence electrons. The summed E-state index contributed by atoms with van der Waals surface area (Å²) in [6.45, 7) is 5.81. The van der Waals surface area contributed by atoms with Gasteiger partial charge in [-0.3, -0.25) is 4.90 Å². The van der Waals surface area contributed by atoms with Crippen LogP contribution in [0.1, 0.15) is 5.56 Å². The lowest BCUT2D eigenvalue weighted by Crippen LogP contribution is -2.47. The van der Waals surface area contributed by atoms with Gasteiger partial charge in [-0.25, -0.2) is 4.39 Å². The molecule has 1 heterocycles. The summed E-state index contributed by atoms with van der Waals surface area (Å²) < 4.78 is 18.7. The summed E-state index contributed by atoms with van der Waals surface area (Å²) in [5.41, 5.74) is 0.898. The molecule has 1 fully saturated rings. The molecular weight excluding hydrogens is 216 g/mol. The molecule has 0 N–H and O–H groups in total. The smallest absolute Gasteiger partial charge is 0.127 e. The van der Waals surface area contributed by atoms with Crippen molar-refractivity contribution >= 4 is 7.85 Å². The van der Waals surface area contributed by atoms with Crippen LogP contribution in [0.4, 0.5) is 4.39 Å². The predicted octanol–water partition coefficient (Wildman–Crippen LogP) is 1.50. The number of hydrogen-bond acceptors (Lipinski definition) is 2. The third kappa shape index (κ3) is 3.46. The van der Waals surface area contributed by atoms with E-state index in [1.165, 1.54) is 31.5 Å². The fraction of sp³-hybridized carbons (Fsp3) is 0.538. The van der Waals surface area contributed by atoms with E-state index in [0.29, 0.717) is 12.4 Å². The van der Waals surface area contributed by atoms with Crippen molar-refractivity contribution in [3.63, 3.8) is 0 Å². The molecule has 0 spiro atoms. The first kappa shape index (κ1) is 12.4. The van der Waals surface area contributed by atoms with Crippen LogP contribution in [-0.2, 0) is 0 Å². The van der Waals surface area contributed by atoms with Crippen LogP contribution in [0.5, 0.6) is 5.75 Å². The van der Waals surface area contributed by atoms with Gasteiger partial charge in [0, 0.05) is 25.7 Å². The summed E-state index contributed by atoms with van der Waals surface area (Å²) in [5, 5.41) is 0. The molecular formula is C13H19BFNO. The summed E-state index contributed by atoms with van der Waals surface area (Å²) in [6.07, 6.45) is 1.26. The second-order valence-electron chi connectivity index (χ2n) is 4.85. The summed E-state index contributed by atoms with van der Waals surface area (Å²) in [7, 11) is 2.23. The van der Waals surface area contributed by atoms with E-state index in [4.69, 9.17) is 4.74 Å². The molecule has 1 aliphatic rings. The van der Waals surface area contributed by atoms with E-state index in [1.54, 1.807) is 0 Å². The third-order valence-electron chi connectivity index (χ3n) is 3.30. The molecule has 17 heavy (non-hydrogen) atoms. The van der Waals surface area contributed by atoms with E-state index in [-0.39, 0.29) is 5.82 Å². The Labute approximate surface area is 103 Å². The number of likely N-dealkylation sites (tertiary alicyclic amines) is 1. The number of benzene rings is 1. The first-order valence-corrected chi connectivity index (χ1v) is 6.29. The number of halogens is 1. The molecule has 0 aliphatic carbocycles. The van der Waals surface area contributed by atoms with Crippen LogP contribution in [-0.4, -0.2) is 39.0 Å². The zero-order valence-electron chi connectivity index (χ0n) is 10.6. The van der Waals surface area contributed by atoms with Gasteiger partial charge >= 0.3 is 0 Å². The number of ether oxygens (including phenoxy) is 1. The lowest BCUT2D eigenvalue weighted by Gasteiger charge is -2.38. The minimum absolute atomic E-state index is 0.227. The molecule has 0 radical (unpaired) electrons. The normalized spacial score (nSPS) is 16.8. The molecule has 0 aromatic heterocycles. The highest BCUT2D eigenvalue weighted by Gasteiger charge is 2.23. The maximum Gasteiger partial charge on any atom is 0.127 e. The molecule has 0 saturated carbocycles. The standard InChI is InChI=1S/C13H19BFNO/c1-10-4-12(15)6-13(5-10)17-3-2-16-8-11(7-14)9-16/h4-6,11H,2-3,7-9,14H2,1H3. The lowest BCUT2D eigenvalue weighted by atomic mass is 9.86. The topological polar surface area (TPSA) is 12.5 Å². The molecule has 0 amide bonds. The fourth-order valence-electron chi connectivity index (χ4n) is 2.20. The van der Waals surface area contributed by atoms with E-state index in [1.807, 2.05) is 13.0 Å². The Morgan fingerprint density at radius 2 is 2.18 bits per heavy atom. The molecule has 1 saturated heterocycles. The quantitative estimate of drug-likeness (QED) is 0.717. The van der Waals surface area contributed by atoms with Gasteiger partial charge in [-0.05, 0) is 30.5 Å². The first-order chi connectivity index (χ1) is 8.17. The van der Waals surface area contributed by atoms with Gasteiger partial charge in [-0.1, -0.05) is 6.32 Å². The van der Waals surface area contributed by atoms with Crippen LogP contribution in [0.2, 0.25) is 6.32 Å². The zero-order chi connectivity index (χ0) is 12.3. The van der Waals surface area contributed by atoms with Crippen molar-refractivity contribution in [2.45, 2.75) is 13.2 Å². The summed E-state index contributed by atoms with van der Waals surface area (Å²) in [4.78, 5) is 2.38. The van der Waals surface area contributed by atoms with E-state index >= 15 is 0 Å². The van der Waals surface area contributed by atoms with Crippen LogP contribution < -0.4 is 4.74 Å². The van der Waals surface area contributed by atoms with Gasteiger partial charge in [-0.15, -0.1) is 0 Å². The van der Waals surface area contributed by atoms with Gasteiger partial charge in [0.25, 0.3) is 0 Å². The molecule has 0 bridgehead atoms. The van der Waals surface area contributed by atoms with E-state index in [9.17, 15) is 4.39 Å². The van der Waals surface area contributed by atoms with Crippen molar-refractivity contribution in [1.82, 2.24) is 4.90 Å². The largest absolute Gasteiger partial charge is 0.492 e. The number of hydrogen-bond donors (Lipinski definition) is 0. The van der Waals surface area contributed by atoms with Crippen LogP contribution in [0.3, 0.4) is 0 Å². The van der Waals surface area contributed by atoms with Crippen LogP contribution in [0.25, 0.3) is 0 Å². The minimum Gasteiger partial charge on any atom is -0.492 e. The van der Waals surface area contributed by atoms with Gasteiger partial charge < -0.3 is 4.74 Å². The van der Waals surface area contributed by atoms with Crippen molar-refractivity contribution in [3.05, 3.63) is 29.6 Å². The minimum atomic E-state index is -0.227. The SMILES string of the molecule is BCC1CN(CCOc2cc(C)cc(F)c2)C1. The lowest BCUT2D eigenvalue weighted by molar-refractivity contribution is 0.0934. The van der Waals surface area contributed by atoms with Crippen molar-refractivity contribution in [2.75, 3.05) is 26.2 Å². The Hall–Kier alpha value is -1.03. The van der Waals surface area contributed by atoms with Gasteiger partial charge in [-0.2, -0.15) is 0 Å². The third-order valence-corrected chi connectivity index (χ3v) is 3.30. The molecule has 4 heteroatoms. The molecule has 2 rings (SSSR count). The Balaban J connectivity index is 1.71. The number of aryl methyl sites for hydroxylation is 1. The average molecular weight is 235 g/mol. The van der Waals surface area contributed by atoms with E-state index < -0.39 is 0 Å². The fourth-order valence-corrected chi connectivity index (χ4v) is 2.20. The maximum atomic E-state index is 13.1. The summed E-state index contributed by atoms with van der Waals surface area (Å²) in [5.74, 6) is 1.27. The second kappa shape index (κ2) is 5.54. The van der Waals surface area contributed by atoms with Crippen LogP contribution in [0.15, 0.2) is 18.2 Å². The Morgan fingerprint density at radius 1 is 1.41 bits per heavy atom. The monoisotopic (exact) mass is 235 g/mol. The van der Waals surface area contributed by atoms with Gasteiger partial charge in [0.15, 0.2) is 0 Å². The number of rotatable bonds is 5. The zero-order valence-corrected chi connectivity index (χ0v) is 10.6. The highest BCUT2D eigenvalue weighted by Crippen LogP contribution is 2.18. The Morgan fingerprint density at radius 3 is 2.82 bits per heavy atom. The number of nitrogens with zero attached hydrogens (tertiary/aromatic N) is 1. The van der Waals surface area contributed by atoms with Crippen molar-refractivity contribution in [3.8, 4) is 5.75 Å². The van der Waals surface area contributed by atoms with E-state index in [0.717, 1.165) is 18.0 Å². The maximum absolute atomic E-state index is 13.1. The molecule has 0 atom stereocenters. The van der Waals surface area contributed by atoms with E-state index in [2.05, 4.69) is 12.7 Å². The molecule has 2 nitrogen and oxygen atoms in total. The van der Waals surface area contributed by atoms with Crippen LogP contribution in [0, 0.1) is 18.7 Å². The summed E-state index contributed by atoms with van der Waals surface area (Å²) >= 11 is 0. The summed E-state index contributed by atoms with van der Waals surface area (Å²) in [6, 6.07) is 4.82.